The average molecular weight is 337 g/mol. The fraction of sp³-hybridized carbons (Fsp3) is 0.267. The lowest BCUT2D eigenvalue weighted by Crippen LogP contribution is -2.04. The zero-order chi connectivity index (χ0) is 14.2. The van der Waals surface area contributed by atoms with Gasteiger partial charge >= 0.3 is 0 Å². The fourth-order valence-corrected chi connectivity index (χ4v) is 2.03. The molecular formula is C15H17BrN2O2. The fourth-order valence-electron chi connectivity index (χ4n) is 1.65. The van der Waals surface area contributed by atoms with E-state index < -0.39 is 0 Å². The Morgan fingerprint density at radius 2 is 1.90 bits per heavy atom. The van der Waals surface area contributed by atoms with Crippen molar-refractivity contribution in [2.75, 3.05) is 25.6 Å². The molecule has 2 aromatic rings. The average Bonchev–Trinajstić information content (AvgIpc) is 2.47. The van der Waals surface area contributed by atoms with Crippen LogP contribution in [0, 0.1) is 0 Å². The minimum atomic E-state index is 0.561. The van der Waals surface area contributed by atoms with Crippen LogP contribution in [0.25, 0.3) is 0 Å². The SMILES string of the molecule is COCCOc1ccc(NCc2cccc(Br)n2)cc1. The monoisotopic (exact) mass is 336 g/mol. The van der Waals surface area contributed by atoms with Gasteiger partial charge in [-0.15, -0.1) is 0 Å². The minimum absolute atomic E-state index is 0.561. The number of pyridine rings is 1. The van der Waals surface area contributed by atoms with Crippen LogP contribution in [0.15, 0.2) is 47.1 Å². The molecule has 0 aliphatic carbocycles. The molecule has 1 aromatic heterocycles. The summed E-state index contributed by atoms with van der Waals surface area (Å²) in [6, 6.07) is 13.7. The van der Waals surface area contributed by atoms with E-state index in [-0.39, 0.29) is 0 Å². The molecule has 1 heterocycles. The Morgan fingerprint density at radius 1 is 1.10 bits per heavy atom. The zero-order valence-corrected chi connectivity index (χ0v) is 12.9. The third-order valence-corrected chi connectivity index (χ3v) is 3.10. The largest absolute Gasteiger partial charge is 0.491 e. The first-order valence-corrected chi connectivity index (χ1v) is 7.14. The summed E-state index contributed by atoms with van der Waals surface area (Å²) >= 11 is 3.36. The third kappa shape index (κ3) is 4.83. The van der Waals surface area contributed by atoms with E-state index in [9.17, 15) is 0 Å². The predicted octanol–water partition coefficient (Wildman–Crippen LogP) is 3.48. The number of rotatable bonds is 7. The number of hydrogen-bond donors (Lipinski definition) is 1. The molecule has 0 fully saturated rings. The summed E-state index contributed by atoms with van der Waals surface area (Å²) < 4.78 is 11.3. The van der Waals surface area contributed by atoms with Crippen LogP contribution in [0.5, 0.6) is 5.75 Å². The Morgan fingerprint density at radius 3 is 2.60 bits per heavy atom. The second-order valence-corrected chi connectivity index (χ2v) is 4.98. The molecule has 0 radical (unpaired) electrons. The molecule has 5 heteroatoms. The van der Waals surface area contributed by atoms with Gasteiger partial charge in [-0.25, -0.2) is 4.98 Å². The van der Waals surface area contributed by atoms with E-state index in [4.69, 9.17) is 9.47 Å². The van der Waals surface area contributed by atoms with Gasteiger partial charge in [0.2, 0.25) is 0 Å². The number of methoxy groups -OCH3 is 1. The Kier molecular flexibility index (Phi) is 5.83. The van der Waals surface area contributed by atoms with E-state index in [1.807, 2.05) is 42.5 Å². The quantitative estimate of drug-likeness (QED) is 0.621. The smallest absolute Gasteiger partial charge is 0.119 e. The lowest BCUT2D eigenvalue weighted by molar-refractivity contribution is 0.146. The maximum Gasteiger partial charge on any atom is 0.119 e. The van der Waals surface area contributed by atoms with Crippen molar-refractivity contribution in [2.45, 2.75) is 6.54 Å². The molecule has 1 aromatic carbocycles. The number of nitrogens with zero attached hydrogens (tertiary/aromatic N) is 1. The predicted molar refractivity (Wildman–Crippen MR) is 83.1 cm³/mol. The summed E-state index contributed by atoms with van der Waals surface area (Å²) in [4.78, 5) is 4.37. The topological polar surface area (TPSA) is 43.4 Å². The van der Waals surface area contributed by atoms with Crippen LogP contribution < -0.4 is 10.1 Å². The molecule has 0 unspecified atom stereocenters. The molecule has 106 valence electrons. The molecular weight excluding hydrogens is 320 g/mol. The summed E-state index contributed by atoms with van der Waals surface area (Å²) in [6.07, 6.45) is 0. The van der Waals surface area contributed by atoms with E-state index in [1.165, 1.54) is 0 Å². The molecule has 2 rings (SSSR count). The van der Waals surface area contributed by atoms with E-state index in [0.717, 1.165) is 21.7 Å². The van der Waals surface area contributed by atoms with Crippen LogP contribution in [-0.2, 0) is 11.3 Å². The van der Waals surface area contributed by atoms with Gasteiger partial charge in [0, 0.05) is 12.8 Å². The van der Waals surface area contributed by atoms with Crippen LogP contribution in [0.4, 0.5) is 5.69 Å². The van der Waals surface area contributed by atoms with Crippen LogP contribution in [0.3, 0.4) is 0 Å². The molecule has 4 nitrogen and oxygen atoms in total. The molecule has 0 atom stereocenters. The number of halogens is 1. The van der Waals surface area contributed by atoms with Crippen molar-refractivity contribution in [3.63, 3.8) is 0 Å². The lowest BCUT2D eigenvalue weighted by atomic mass is 10.3. The van der Waals surface area contributed by atoms with E-state index >= 15 is 0 Å². The highest BCUT2D eigenvalue weighted by molar-refractivity contribution is 9.10. The van der Waals surface area contributed by atoms with Gasteiger partial charge in [-0.05, 0) is 52.3 Å². The number of aromatic nitrogens is 1. The van der Waals surface area contributed by atoms with Crippen molar-refractivity contribution in [3.8, 4) is 5.75 Å². The highest BCUT2D eigenvalue weighted by Crippen LogP contribution is 2.16. The zero-order valence-electron chi connectivity index (χ0n) is 11.3. The van der Waals surface area contributed by atoms with Crippen LogP contribution in [0.1, 0.15) is 5.69 Å². The highest BCUT2D eigenvalue weighted by atomic mass is 79.9. The molecule has 0 aliphatic rings. The van der Waals surface area contributed by atoms with E-state index in [1.54, 1.807) is 7.11 Å². The Labute approximate surface area is 127 Å². The summed E-state index contributed by atoms with van der Waals surface area (Å²) in [6.45, 7) is 1.84. The first-order valence-electron chi connectivity index (χ1n) is 6.35. The van der Waals surface area contributed by atoms with Gasteiger partial charge in [0.25, 0.3) is 0 Å². The molecule has 0 saturated carbocycles. The molecule has 0 amide bonds. The van der Waals surface area contributed by atoms with Crippen molar-refractivity contribution in [1.29, 1.82) is 0 Å². The van der Waals surface area contributed by atoms with E-state index in [0.29, 0.717) is 19.8 Å². The molecule has 0 aliphatic heterocycles. The van der Waals surface area contributed by atoms with Gasteiger partial charge in [-0.2, -0.15) is 0 Å². The lowest BCUT2D eigenvalue weighted by Gasteiger charge is -2.08. The van der Waals surface area contributed by atoms with Gasteiger partial charge in [0.15, 0.2) is 0 Å². The summed E-state index contributed by atoms with van der Waals surface area (Å²) in [5.74, 6) is 0.841. The maximum absolute atomic E-state index is 5.51. The van der Waals surface area contributed by atoms with Crippen molar-refractivity contribution < 1.29 is 9.47 Å². The number of nitrogens with one attached hydrogen (secondary N) is 1. The Balaban J connectivity index is 1.84. The Hall–Kier alpha value is -1.59. The van der Waals surface area contributed by atoms with Gasteiger partial charge in [0.1, 0.15) is 17.0 Å². The summed E-state index contributed by atoms with van der Waals surface area (Å²) in [5, 5.41) is 3.32. The van der Waals surface area contributed by atoms with Crippen molar-refractivity contribution >= 4 is 21.6 Å². The molecule has 0 bridgehead atoms. The molecule has 0 saturated heterocycles. The normalized spacial score (nSPS) is 10.3. The minimum Gasteiger partial charge on any atom is -0.491 e. The first kappa shape index (κ1) is 14.8. The Bertz CT molecular complexity index is 532. The highest BCUT2D eigenvalue weighted by Gasteiger charge is 1.98. The maximum atomic E-state index is 5.51. The standard InChI is InChI=1S/C15H17BrN2O2/c1-19-9-10-20-14-7-5-12(6-8-14)17-11-13-3-2-4-15(16)18-13/h2-8,17H,9-11H2,1H3. The van der Waals surface area contributed by atoms with Crippen molar-refractivity contribution in [3.05, 3.63) is 52.8 Å². The van der Waals surface area contributed by atoms with Crippen LogP contribution in [0.2, 0.25) is 0 Å². The van der Waals surface area contributed by atoms with Gasteiger partial charge in [-0.3, -0.25) is 0 Å². The third-order valence-electron chi connectivity index (χ3n) is 2.66. The summed E-state index contributed by atoms with van der Waals surface area (Å²) in [7, 11) is 1.66. The number of benzene rings is 1. The van der Waals surface area contributed by atoms with Gasteiger partial charge in [-0.1, -0.05) is 6.07 Å². The van der Waals surface area contributed by atoms with Crippen molar-refractivity contribution in [1.82, 2.24) is 4.98 Å². The molecule has 20 heavy (non-hydrogen) atoms. The first-order chi connectivity index (χ1) is 9.78. The van der Waals surface area contributed by atoms with Crippen molar-refractivity contribution in [2.24, 2.45) is 0 Å². The van der Waals surface area contributed by atoms with E-state index in [2.05, 4.69) is 26.2 Å². The molecule has 0 spiro atoms. The molecule has 1 N–H and O–H groups in total. The van der Waals surface area contributed by atoms with Gasteiger partial charge < -0.3 is 14.8 Å². The van der Waals surface area contributed by atoms with Crippen LogP contribution in [-0.4, -0.2) is 25.3 Å². The summed E-state index contributed by atoms with van der Waals surface area (Å²) in [5.41, 5.74) is 2.02. The second-order valence-electron chi connectivity index (χ2n) is 4.17. The number of ether oxygens (including phenoxy) is 2. The van der Waals surface area contributed by atoms with Gasteiger partial charge in [0.05, 0.1) is 18.8 Å². The van der Waals surface area contributed by atoms with Crippen LogP contribution >= 0.6 is 15.9 Å². The second kappa shape index (κ2) is 7.87. The number of anilines is 1. The number of hydrogen-bond acceptors (Lipinski definition) is 4.